The molecule has 160 valence electrons. The monoisotopic (exact) mass is 532 g/mol. The van der Waals surface area contributed by atoms with Crippen LogP contribution in [0.15, 0.2) is 40.7 Å². The highest BCUT2D eigenvalue weighted by Crippen LogP contribution is 2.30. The lowest BCUT2D eigenvalue weighted by Crippen LogP contribution is -2.34. The van der Waals surface area contributed by atoms with Crippen LogP contribution in [0, 0.1) is 0 Å². The van der Waals surface area contributed by atoms with Gasteiger partial charge in [-0.05, 0) is 36.9 Å². The molecule has 0 saturated carbocycles. The lowest BCUT2D eigenvalue weighted by atomic mass is 10.2. The molecule has 9 heteroatoms. The van der Waals surface area contributed by atoms with Gasteiger partial charge >= 0.3 is 0 Å². The summed E-state index contributed by atoms with van der Waals surface area (Å²) in [7, 11) is 5.04. The van der Waals surface area contributed by atoms with Crippen LogP contribution in [0.1, 0.15) is 11.8 Å². The first-order valence-electron chi connectivity index (χ1n) is 9.12. The van der Waals surface area contributed by atoms with E-state index in [1.807, 2.05) is 31.2 Å². The van der Waals surface area contributed by atoms with Crippen molar-refractivity contribution in [2.24, 2.45) is 4.99 Å². The van der Waals surface area contributed by atoms with Crippen LogP contribution in [0.2, 0.25) is 0 Å². The Balaban J connectivity index is 0.00000420. The number of ether oxygens (including phenoxy) is 2. The van der Waals surface area contributed by atoms with Crippen molar-refractivity contribution in [2.75, 3.05) is 46.2 Å². The zero-order valence-electron chi connectivity index (χ0n) is 17.2. The highest BCUT2D eigenvalue weighted by Gasteiger charge is 2.09. The van der Waals surface area contributed by atoms with Crippen LogP contribution in [-0.2, 0) is 11.2 Å². The molecule has 2 N–H and O–H groups in total. The van der Waals surface area contributed by atoms with Gasteiger partial charge in [0.25, 0.3) is 0 Å². The Bertz CT molecular complexity index is 782. The van der Waals surface area contributed by atoms with E-state index in [4.69, 9.17) is 9.47 Å². The Kier molecular flexibility index (Phi) is 11.4. The number of amides is 1. The molecule has 7 nitrogen and oxygen atoms in total. The fourth-order valence-corrected chi connectivity index (χ4v) is 3.06. The van der Waals surface area contributed by atoms with Gasteiger partial charge in [-0.2, -0.15) is 0 Å². The quantitative estimate of drug-likeness (QED) is 0.294. The zero-order chi connectivity index (χ0) is 20.4. The lowest BCUT2D eigenvalue weighted by Gasteiger charge is -2.15. The number of rotatable bonds is 9. The maximum absolute atomic E-state index is 11.9. The van der Waals surface area contributed by atoms with E-state index in [-0.39, 0.29) is 36.4 Å². The van der Waals surface area contributed by atoms with Crippen LogP contribution in [0.3, 0.4) is 0 Å². The number of methoxy groups -OCH3 is 1. The number of benzene rings is 1. The third kappa shape index (κ3) is 8.48. The molecule has 29 heavy (non-hydrogen) atoms. The van der Waals surface area contributed by atoms with Gasteiger partial charge in [-0.25, -0.2) is 4.99 Å². The first kappa shape index (κ1) is 25.0. The summed E-state index contributed by atoms with van der Waals surface area (Å²) in [6, 6.07) is 9.71. The molecule has 2 rings (SSSR count). The molecule has 0 unspecified atom stereocenters. The second kappa shape index (κ2) is 13.3. The van der Waals surface area contributed by atoms with Gasteiger partial charge in [-0.1, -0.05) is 6.07 Å². The van der Waals surface area contributed by atoms with E-state index in [1.54, 1.807) is 32.5 Å². The molecule has 2 aromatic rings. The van der Waals surface area contributed by atoms with Gasteiger partial charge in [-0.3, -0.25) is 4.79 Å². The van der Waals surface area contributed by atoms with Gasteiger partial charge < -0.3 is 25.0 Å². The van der Waals surface area contributed by atoms with Crippen LogP contribution in [0.4, 0.5) is 5.69 Å². The summed E-state index contributed by atoms with van der Waals surface area (Å²) in [6.45, 7) is 3.23. The van der Waals surface area contributed by atoms with E-state index in [2.05, 4.69) is 27.1 Å². The fourth-order valence-electron chi connectivity index (χ4n) is 2.35. The Morgan fingerprint density at radius 1 is 1.24 bits per heavy atom. The van der Waals surface area contributed by atoms with Gasteiger partial charge in [0.05, 0.1) is 13.7 Å². The molecule has 1 amide bonds. The number of nitrogens with one attached hydrogen (secondary N) is 2. The smallest absolute Gasteiger partial charge is 0.243 e. The molecule has 1 aromatic carbocycles. The zero-order valence-corrected chi connectivity index (χ0v) is 20.4. The van der Waals surface area contributed by atoms with Crippen molar-refractivity contribution in [2.45, 2.75) is 13.3 Å². The third-order valence-electron chi connectivity index (χ3n) is 3.84. The van der Waals surface area contributed by atoms with E-state index in [9.17, 15) is 4.79 Å². The predicted octanol–water partition coefficient (Wildman–Crippen LogP) is 3.46. The number of anilines is 1. The number of hydrogen-bond acceptors (Lipinski definition) is 5. The van der Waals surface area contributed by atoms with Crippen molar-refractivity contribution in [3.63, 3.8) is 0 Å². The maximum Gasteiger partial charge on any atom is 0.243 e. The summed E-state index contributed by atoms with van der Waals surface area (Å²) in [5.74, 6) is 1.79. The number of likely N-dealkylation sites (N-methyl/N-ethyl adjacent to an activating group) is 1. The van der Waals surface area contributed by atoms with Gasteiger partial charge in [0.15, 0.2) is 17.5 Å². The largest absolute Gasteiger partial charge is 0.493 e. The Morgan fingerprint density at radius 2 is 2.03 bits per heavy atom. The summed E-state index contributed by atoms with van der Waals surface area (Å²) >= 11 is 1.72. The third-order valence-corrected chi connectivity index (χ3v) is 4.78. The van der Waals surface area contributed by atoms with Crippen molar-refractivity contribution in [1.29, 1.82) is 0 Å². The number of nitrogens with zero attached hydrogens (tertiary/aromatic N) is 2. The average Bonchev–Trinajstić information content (AvgIpc) is 3.19. The van der Waals surface area contributed by atoms with Crippen LogP contribution >= 0.6 is 35.3 Å². The Hall–Kier alpha value is -2.01. The standard InChI is InChI=1S/C20H28N4O3S.HI/c1-5-27-18-13-15(8-9-17(18)26-4)23-20(22-14-19(25)24(2)3)21-11-10-16-7-6-12-28-16;/h6-9,12-13H,5,10-11,14H2,1-4H3,(H2,21,22,23);1H. The first-order chi connectivity index (χ1) is 13.5. The summed E-state index contributed by atoms with van der Waals surface area (Å²) in [5.41, 5.74) is 0.795. The number of carbonyl (C=O) groups excluding carboxylic acids is 1. The van der Waals surface area contributed by atoms with E-state index in [0.717, 1.165) is 12.1 Å². The minimum atomic E-state index is -0.0657. The molecule has 1 aromatic heterocycles. The van der Waals surface area contributed by atoms with E-state index >= 15 is 0 Å². The minimum absolute atomic E-state index is 0. The van der Waals surface area contributed by atoms with E-state index < -0.39 is 0 Å². The Labute approximate surface area is 193 Å². The molecule has 0 aliphatic heterocycles. The topological polar surface area (TPSA) is 75.2 Å². The molecule has 0 bridgehead atoms. The highest BCUT2D eigenvalue weighted by atomic mass is 127. The van der Waals surface area contributed by atoms with Crippen LogP contribution in [0.5, 0.6) is 11.5 Å². The Morgan fingerprint density at radius 3 is 2.66 bits per heavy atom. The van der Waals surface area contributed by atoms with Gasteiger partial charge in [0, 0.05) is 37.3 Å². The highest BCUT2D eigenvalue weighted by molar-refractivity contribution is 14.0. The van der Waals surface area contributed by atoms with Crippen molar-refractivity contribution >= 4 is 52.9 Å². The maximum atomic E-state index is 11.9. The van der Waals surface area contributed by atoms with Gasteiger partial charge in [0.2, 0.25) is 5.91 Å². The second-order valence-electron chi connectivity index (χ2n) is 6.13. The molecular formula is C20H29IN4O3S. The second-order valence-corrected chi connectivity index (χ2v) is 7.17. The van der Waals surface area contributed by atoms with Crippen molar-refractivity contribution in [1.82, 2.24) is 10.2 Å². The average molecular weight is 532 g/mol. The lowest BCUT2D eigenvalue weighted by molar-refractivity contribution is -0.127. The minimum Gasteiger partial charge on any atom is -0.493 e. The van der Waals surface area contributed by atoms with Crippen molar-refractivity contribution < 1.29 is 14.3 Å². The first-order valence-corrected chi connectivity index (χ1v) is 10.00. The number of aliphatic imine (C=N–C) groups is 1. The molecule has 0 atom stereocenters. The molecule has 0 radical (unpaired) electrons. The van der Waals surface area contributed by atoms with Crippen molar-refractivity contribution in [3.8, 4) is 11.5 Å². The number of hydrogen-bond donors (Lipinski definition) is 2. The van der Waals surface area contributed by atoms with E-state index in [0.29, 0.717) is 30.6 Å². The molecule has 0 aliphatic carbocycles. The van der Waals surface area contributed by atoms with Crippen LogP contribution in [0.25, 0.3) is 0 Å². The SMILES string of the molecule is CCOc1cc(NC(=NCC(=O)N(C)C)NCCc2cccs2)ccc1OC.I. The van der Waals surface area contributed by atoms with Gasteiger partial charge in [-0.15, -0.1) is 35.3 Å². The molecule has 0 fully saturated rings. The molecular weight excluding hydrogens is 503 g/mol. The van der Waals surface area contributed by atoms with Crippen molar-refractivity contribution in [3.05, 3.63) is 40.6 Å². The van der Waals surface area contributed by atoms with Gasteiger partial charge in [0.1, 0.15) is 6.54 Å². The number of halogens is 1. The fraction of sp³-hybridized carbons (Fsp3) is 0.400. The number of guanidine groups is 1. The normalized spacial score (nSPS) is 10.7. The van der Waals surface area contributed by atoms with E-state index in [1.165, 1.54) is 9.78 Å². The number of carbonyl (C=O) groups is 1. The predicted molar refractivity (Wildman–Crippen MR) is 130 cm³/mol. The summed E-state index contributed by atoms with van der Waals surface area (Å²) in [4.78, 5) is 19.1. The molecule has 0 aliphatic rings. The molecule has 1 heterocycles. The molecule has 0 spiro atoms. The number of thiophene rings is 1. The van der Waals surface area contributed by atoms with Crippen LogP contribution < -0.4 is 20.1 Å². The summed E-state index contributed by atoms with van der Waals surface area (Å²) in [6.07, 6.45) is 0.882. The van der Waals surface area contributed by atoms with Crippen LogP contribution in [-0.4, -0.2) is 57.7 Å². The summed E-state index contributed by atoms with van der Waals surface area (Å²) < 4.78 is 10.9. The molecule has 0 saturated heterocycles. The summed E-state index contributed by atoms with van der Waals surface area (Å²) in [5, 5.41) is 8.58.